The van der Waals surface area contributed by atoms with Crippen LogP contribution in [0.1, 0.15) is 38.7 Å². The number of amides is 1. The lowest BCUT2D eigenvalue weighted by atomic mass is 10.1. The molecule has 1 aliphatic rings. The predicted molar refractivity (Wildman–Crippen MR) is 87.9 cm³/mol. The monoisotopic (exact) mass is 312 g/mol. The van der Waals surface area contributed by atoms with Gasteiger partial charge in [0, 0.05) is 18.2 Å². The summed E-state index contributed by atoms with van der Waals surface area (Å²) in [6.07, 6.45) is 3.05. The maximum absolute atomic E-state index is 11.9. The highest BCUT2D eigenvalue weighted by atomic mass is 35.5. The zero-order valence-corrected chi connectivity index (χ0v) is 13.5. The normalized spacial score (nSPS) is 17.6. The van der Waals surface area contributed by atoms with Gasteiger partial charge in [-0.1, -0.05) is 12.1 Å². The summed E-state index contributed by atoms with van der Waals surface area (Å²) in [5, 5.41) is 6.27. The number of ether oxygens (including phenoxy) is 1. The van der Waals surface area contributed by atoms with Gasteiger partial charge in [0.1, 0.15) is 0 Å². The second-order valence-corrected chi connectivity index (χ2v) is 5.60. The van der Waals surface area contributed by atoms with Gasteiger partial charge in [-0.25, -0.2) is 0 Å². The molecule has 0 bridgehead atoms. The maximum atomic E-state index is 11.9. The van der Waals surface area contributed by atoms with Gasteiger partial charge in [-0.3, -0.25) is 4.79 Å². The van der Waals surface area contributed by atoms with E-state index in [-0.39, 0.29) is 24.4 Å². The molecular formula is C16H25ClN2O2. The number of benzene rings is 1. The SMILES string of the molecule is CC(C)OCc1ccc(NC(=O)CC2CCCN2)cc1.Cl. The van der Waals surface area contributed by atoms with Gasteiger partial charge in [0.2, 0.25) is 5.91 Å². The molecule has 0 aliphatic carbocycles. The van der Waals surface area contributed by atoms with Crippen molar-refractivity contribution < 1.29 is 9.53 Å². The zero-order valence-electron chi connectivity index (χ0n) is 12.7. The van der Waals surface area contributed by atoms with Crippen molar-refractivity contribution in [1.29, 1.82) is 0 Å². The van der Waals surface area contributed by atoms with E-state index in [0.29, 0.717) is 19.1 Å². The lowest BCUT2D eigenvalue weighted by Gasteiger charge is -2.11. The first kappa shape index (κ1) is 18.0. The van der Waals surface area contributed by atoms with Crippen molar-refractivity contribution in [2.24, 2.45) is 0 Å². The highest BCUT2D eigenvalue weighted by Gasteiger charge is 2.17. The van der Waals surface area contributed by atoms with Crippen LogP contribution in [0.3, 0.4) is 0 Å². The molecule has 0 aromatic heterocycles. The molecule has 0 spiro atoms. The van der Waals surface area contributed by atoms with E-state index in [9.17, 15) is 4.79 Å². The van der Waals surface area contributed by atoms with Crippen molar-refractivity contribution in [2.45, 2.75) is 51.9 Å². The van der Waals surface area contributed by atoms with Gasteiger partial charge in [0.25, 0.3) is 0 Å². The Bertz CT molecular complexity index is 428. The fourth-order valence-electron chi connectivity index (χ4n) is 2.31. The topological polar surface area (TPSA) is 50.4 Å². The minimum Gasteiger partial charge on any atom is -0.374 e. The molecule has 1 aromatic carbocycles. The van der Waals surface area contributed by atoms with Crippen LogP contribution in [0.2, 0.25) is 0 Å². The van der Waals surface area contributed by atoms with E-state index in [1.54, 1.807) is 0 Å². The molecule has 1 aromatic rings. The summed E-state index contributed by atoms with van der Waals surface area (Å²) in [5.74, 6) is 0.0792. The first-order valence-corrected chi connectivity index (χ1v) is 7.37. The standard InChI is InChI=1S/C16H24N2O2.ClH/c1-12(2)20-11-13-5-7-14(8-6-13)18-16(19)10-15-4-3-9-17-15;/h5-8,12,15,17H,3-4,9-11H2,1-2H3,(H,18,19);1H. The molecule has 1 fully saturated rings. The number of carbonyl (C=O) groups excluding carboxylic acids is 1. The Hall–Kier alpha value is -1.10. The van der Waals surface area contributed by atoms with Crippen molar-refractivity contribution in [3.8, 4) is 0 Å². The predicted octanol–water partition coefficient (Wildman–Crippen LogP) is 3.11. The van der Waals surface area contributed by atoms with Crippen molar-refractivity contribution in [1.82, 2.24) is 5.32 Å². The third-order valence-corrected chi connectivity index (χ3v) is 3.42. The maximum Gasteiger partial charge on any atom is 0.225 e. The quantitative estimate of drug-likeness (QED) is 0.848. The van der Waals surface area contributed by atoms with Gasteiger partial charge in [-0.05, 0) is 50.9 Å². The number of hydrogen-bond donors (Lipinski definition) is 2. The van der Waals surface area contributed by atoms with Crippen LogP contribution in [-0.4, -0.2) is 24.6 Å². The van der Waals surface area contributed by atoms with Crippen molar-refractivity contribution in [3.63, 3.8) is 0 Å². The largest absolute Gasteiger partial charge is 0.374 e. The second kappa shape index (κ2) is 9.03. The van der Waals surface area contributed by atoms with Gasteiger partial charge in [0.15, 0.2) is 0 Å². The molecule has 1 aliphatic heterocycles. The summed E-state index contributed by atoms with van der Waals surface area (Å²) in [6.45, 7) is 5.68. The van der Waals surface area contributed by atoms with E-state index in [4.69, 9.17) is 4.74 Å². The van der Waals surface area contributed by atoms with E-state index in [1.807, 2.05) is 38.1 Å². The smallest absolute Gasteiger partial charge is 0.225 e. The van der Waals surface area contributed by atoms with Gasteiger partial charge in [-0.2, -0.15) is 0 Å². The first-order chi connectivity index (χ1) is 9.63. The zero-order chi connectivity index (χ0) is 14.4. The Kier molecular flexibility index (Phi) is 7.72. The molecule has 21 heavy (non-hydrogen) atoms. The van der Waals surface area contributed by atoms with Crippen LogP contribution in [0.4, 0.5) is 5.69 Å². The van der Waals surface area contributed by atoms with E-state index in [2.05, 4.69) is 10.6 Å². The molecule has 0 radical (unpaired) electrons. The molecule has 1 saturated heterocycles. The number of hydrogen-bond acceptors (Lipinski definition) is 3. The summed E-state index contributed by atoms with van der Waals surface area (Å²) >= 11 is 0. The van der Waals surface area contributed by atoms with Gasteiger partial charge in [-0.15, -0.1) is 12.4 Å². The van der Waals surface area contributed by atoms with Crippen LogP contribution in [-0.2, 0) is 16.1 Å². The molecule has 118 valence electrons. The lowest BCUT2D eigenvalue weighted by molar-refractivity contribution is -0.116. The highest BCUT2D eigenvalue weighted by Crippen LogP contribution is 2.13. The van der Waals surface area contributed by atoms with E-state index in [0.717, 1.165) is 24.2 Å². The molecule has 1 unspecified atom stereocenters. The number of rotatable bonds is 6. The fourth-order valence-corrected chi connectivity index (χ4v) is 2.31. The fraction of sp³-hybridized carbons (Fsp3) is 0.562. The summed E-state index contributed by atoms with van der Waals surface area (Å²) < 4.78 is 5.54. The van der Waals surface area contributed by atoms with Crippen molar-refractivity contribution >= 4 is 24.0 Å². The second-order valence-electron chi connectivity index (χ2n) is 5.60. The number of halogens is 1. The van der Waals surface area contributed by atoms with Crippen LogP contribution in [0, 0.1) is 0 Å². The Morgan fingerprint density at radius 3 is 2.67 bits per heavy atom. The van der Waals surface area contributed by atoms with Gasteiger partial charge >= 0.3 is 0 Å². The average Bonchev–Trinajstić information content (AvgIpc) is 2.90. The third kappa shape index (κ3) is 6.46. The van der Waals surface area contributed by atoms with Gasteiger partial charge in [0.05, 0.1) is 12.7 Å². The summed E-state index contributed by atoms with van der Waals surface area (Å²) in [4.78, 5) is 11.9. The van der Waals surface area contributed by atoms with Gasteiger partial charge < -0.3 is 15.4 Å². The molecule has 1 atom stereocenters. The number of carbonyl (C=O) groups is 1. The van der Waals surface area contributed by atoms with E-state index < -0.39 is 0 Å². The molecule has 2 rings (SSSR count). The molecule has 5 heteroatoms. The van der Waals surface area contributed by atoms with Crippen LogP contribution >= 0.6 is 12.4 Å². The highest BCUT2D eigenvalue weighted by molar-refractivity contribution is 5.91. The Labute approximate surface area is 133 Å². The summed E-state index contributed by atoms with van der Waals surface area (Å²) in [5.41, 5.74) is 1.97. The Morgan fingerprint density at radius 1 is 1.38 bits per heavy atom. The molecule has 2 N–H and O–H groups in total. The van der Waals surface area contributed by atoms with Crippen molar-refractivity contribution in [3.05, 3.63) is 29.8 Å². The molecule has 1 amide bonds. The van der Waals surface area contributed by atoms with Crippen molar-refractivity contribution in [2.75, 3.05) is 11.9 Å². The summed E-state index contributed by atoms with van der Waals surface area (Å²) in [6, 6.07) is 8.18. The first-order valence-electron chi connectivity index (χ1n) is 7.37. The Balaban J connectivity index is 0.00000220. The minimum atomic E-state index is 0. The molecular weight excluding hydrogens is 288 g/mol. The molecule has 1 heterocycles. The average molecular weight is 313 g/mol. The number of anilines is 1. The number of nitrogens with one attached hydrogen (secondary N) is 2. The summed E-state index contributed by atoms with van der Waals surface area (Å²) in [7, 11) is 0. The van der Waals surface area contributed by atoms with E-state index in [1.165, 1.54) is 6.42 Å². The van der Waals surface area contributed by atoms with E-state index >= 15 is 0 Å². The van der Waals surface area contributed by atoms with Crippen LogP contribution in [0.25, 0.3) is 0 Å². The Morgan fingerprint density at radius 2 is 2.10 bits per heavy atom. The molecule has 4 nitrogen and oxygen atoms in total. The van der Waals surface area contributed by atoms with Crippen LogP contribution < -0.4 is 10.6 Å². The third-order valence-electron chi connectivity index (χ3n) is 3.42. The minimum absolute atomic E-state index is 0. The molecule has 0 saturated carbocycles. The lowest BCUT2D eigenvalue weighted by Crippen LogP contribution is -2.27. The van der Waals surface area contributed by atoms with Crippen LogP contribution in [0.5, 0.6) is 0 Å². The van der Waals surface area contributed by atoms with Crippen LogP contribution in [0.15, 0.2) is 24.3 Å².